The van der Waals surface area contributed by atoms with Crippen molar-refractivity contribution < 1.29 is 0 Å². The fourth-order valence-electron chi connectivity index (χ4n) is 2.94. The lowest BCUT2D eigenvalue weighted by atomic mass is 9.92. The second kappa shape index (κ2) is 4.81. The second-order valence-electron chi connectivity index (χ2n) is 5.45. The molecule has 1 N–H and O–H groups in total. The van der Waals surface area contributed by atoms with E-state index >= 15 is 0 Å². The molecule has 2 unspecified atom stereocenters. The molecule has 0 bridgehead atoms. The van der Waals surface area contributed by atoms with Crippen molar-refractivity contribution >= 4 is 0 Å². The summed E-state index contributed by atoms with van der Waals surface area (Å²) >= 11 is 0. The molecule has 0 saturated heterocycles. The predicted octanol–water partition coefficient (Wildman–Crippen LogP) is 1.88. The van der Waals surface area contributed by atoms with Crippen LogP contribution in [0.15, 0.2) is 18.6 Å². The Morgan fingerprint density at radius 2 is 2.16 bits per heavy atom. The first-order chi connectivity index (χ1) is 9.15. The lowest BCUT2D eigenvalue weighted by molar-refractivity contribution is 0.411. The van der Waals surface area contributed by atoms with Gasteiger partial charge in [0.25, 0.3) is 0 Å². The van der Waals surface area contributed by atoms with Crippen LogP contribution in [0, 0.1) is 0 Å². The first-order valence-corrected chi connectivity index (χ1v) is 6.90. The summed E-state index contributed by atoms with van der Waals surface area (Å²) in [5.41, 5.74) is 3.98. The summed E-state index contributed by atoms with van der Waals surface area (Å²) in [5, 5.41) is 12.3. The third-order valence-electron chi connectivity index (χ3n) is 4.05. The highest BCUT2D eigenvalue weighted by atomic mass is 15.3. The number of rotatable bonds is 3. The van der Waals surface area contributed by atoms with Crippen LogP contribution in [0.2, 0.25) is 0 Å². The van der Waals surface area contributed by atoms with Crippen LogP contribution in [0.1, 0.15) is 48.7 Å². The van der Waals surface area contributed by atoms with Gasteiger partial charge in [-0.1, -0.05) is 0 Å². The number of fused-ring (bicyclic) bond motifs is 1. The van der Waals surface area contributed by atoms with Crippen LogP contribution in [-0.4, -0.2) is 19.6 Å². The predicted molar refractivity (Wildman–Crippen MR) is 73.6 cm³/mol. The lowest BCUT2D eigenvalue weighted by Crippen LogP contribution is -2.27. The fraction of sp³-hybridized carbons (Fsp3) is 0.571. The largest absolute Gasteiger partial charge is 0.303 e. The molecular weight excluding hydrogens is 238 g/mol. The minimum Gasteiger partial charge on any atom is -0.303 e. The van der Waals surface area contributed by atoms with E-state index in [0.29, 0.717) is 12.1 Å². The molecule has 0 aromatic carbocycles. The molecule has 0 aliphatic heterocycles. The van der Waals surface area contributed by atoms with Gasteiger partial charge in [-0.3, -0.25) is 9.36 Å². The summed E-state index contributed by atoms with van der Waals surface area (Å²) in [6.07, 6.45) is 9.58. The van der Waals surface area contributed by atoms with Crippen LogP contribution in [0.4, 0.5) is 0 Å². The molecule has 19 heavy (non-hydrogen) atoms. The van der Waals surface area contributed by atoms with Crippen LogP contribution in [0.25, 0.3) is 0 Å². The number of nitrogens with zero attached hydrogens (tertiary/aromatic N) is 4. The molecule has 0 fully saturated rings. The average molecular weight is 259 g/mol. The van der Waals surface area contributed by atoms with E-state index in [-0.39, 0.29) is 0 Å². The van der Waals surface area contributed by atoms with Crippen molar-refractivity contribution in [3.63, 3.8) is 0 Å². The van der Waals surface area contributed by atoms with Crippen molar-refractivity contribution in [1.29, 1.82) is 0 Å². The molecule has 2 aromatic heterocycles. The normalized spacial score (nSPS) is 20.3. The third kappa shape index (κ3) is 2.30. The number of nitrogens with one attached hydrogen (secondary N) is 1. The standard InChI is InChI=1S/C14H21N5/c1-10(11-7-15-18(2)9-11)17-13-5-4-6-14-12(13)8-16-19(14)3/h7-10,13,17H,4-6H2,1-3H3. The van der Waals surface area contributed by atoms with E-state index in [1.54, 1.807) is 0 Å². The van der Waals surface area contributed by atoms with Gasteiger partial charge in [0.05, 0.1) is 12.4 Å². The van der Waals surface area contributed by atoms with E-state index in [4.69, 9.17) is 0 Å². The maximum Gasteiger partial charge on any atom is 0.0540 e. The molecule has 0 amide bonds. The zero-order chi connectivity index (χ0) is 13.4. The molecule has 102 valence electrons. The van der Waals surface area contributed by atoms with Gasteiger partial charge >= 0.3 is 0 Å². The zero-order valence-electron chi connectivity index (χ0n) is 11.8. The average Bonchev–Trinajstić information content (AvgIpc) is 2.98. The van der Waals surface area contributed by atoms with Crippen molar-refractivity contribution in [2.24, 2.45) is 14.1 Å². The summed E-state index contributed by atoms with van der Waals surface area (Å²) in [7, 11) is 3.99. The molecular formula is C14H21N5. The molecule has 0 spiro atoms. The van der Waals surface area contributed by atoms with Gasteiger partial charge in [-0.25, -0.2) is 0 Å². The van der Waals surface area contributed by atoms with Crippen molar-refractivity contribution in [3.05, 3.63) is 35.4 Å². The highest BCUT2D eigenvalue weighted by molar-refractivity contribution is 5.25. The van der Waals surface area contributed by atoms with Gasteiger partial charge in [-0.15, -0.1) is 0 Å². The SMILES string of the molecule is CC(NC1CCCc2c1cnn2C)c1cnn(C)c1. The van der Waals surface area contributed by atoms with Gasteiger partial charge < -0.3 is 5.32 Å². The van der Waals surface area contributed by atoms with E-state index in [1.165, 1.54) is 29.7 Å². The smallest absolute Gasteiger partial charge is 0.0540 e. The third-order valence-corrected chi connectivity index (χ3v) is 4.05. The molecule has 3 rings (SSSR count). The molecule has 2 atom stereocenters. The van der Waals surface area contributed by atoms with E-state index in [0.717, 1.165) is 6.42 Å². The van der Waals surface area contributed by atoms with E-state index in [9.17, 15) is 0 Å². The molecule has 1 aliphatic carbocycles. The van der Waals surface area contributed by atoms with Crippen molar-refractivity contribution in [2.45, 2.75) is 38.3 Å². The Labute approximate surface area is 113 Å². The van der Waals surface area contributed by atoms with Gasteiger partial charge in [-0.2, -0.15) is 10.2 Å². The molecule has 5 nitrogen and oxygen atoms in total. The minimum atomic E-state index is 0.310. The molecule has 2 aromatic rings. The van der Waals surface area contributed by atoms with E-state index in [1.807, 2.05) is 35.9 Å². The Bertz CT molecular complexity index is 568. The fourth-order valence-corrected chi connectivity index (χ4v) is 2.94. The quantitative estimate of drug-likeness (QED) is 0.915. The number of aromatic nitrogens is 4. The maximum absolute atomic E-state index is 4.39. The first-order valence-electron chi connectivity index (χ1n) is 6.90. The Kier molecular flexibility index (Phi) is 3.14. The minimum absolute atomic E-state index is 0.310. The monoisotopic (exact) mass is 259 g/mol. The van der Waals surface area contributed by atoms with Crippen molar-refractivity contribution in [2.75, 3.05) is 0 Å². The Balaban J connectivity index is 1.77. The highest BCUT2D eigenvalue weighted by Crippen LogP contribution is 2.31. The van der Waals surface area contributed by atoms with E-state index in [2.05, 4.69) is 28.6 Å². The van der Waals surface area contributed by atoms with Crippen LogP contribution < -0.4 is 5.32 Å². The van der Waals surface area contributed by atoms with Crippen molar-refractivity contribution in [3.8, 4) is 0 Å². The second-order valence-corrected chi connectivity index (χ2v) is 5.45. The van der Waals surface area contributed by atoms with Crippen LogP contribution in [-0.2, 0) is 20.5 Å². The number of hydrogen-bond donors (Lipinski definition) is 1. The molecule has 5 heteroatoms. The summed E-state index contributed by atoms with van der Waals surface area (Å²) in [5.74, 6) is 0. The zero-order valence-corrected chi connectivity index (χ0v) is 11.8. The summed E-state index contributed by atoms with van der Waals surface area (Å²) in [6, 6.07) is 0.720. The summed E-state index contributed by atoms with van der Waals surface area (Å²) in [4.78, 5) is 0. The van der Waals surface area contributed by atoms with Crippen LogP contribution in [0.5, 0.6) is 0 Å². The maximum atomic E-state index is 4.39. The highest BCUT2D eigenvalue weighted by Gasteiger charge is 2.24. The number of aryl methyl sites for hydroxylation is 2. The van der Waals surface area contributed by atoms with E-state index < -0.39 is 0 Å². The van der Waals surface area contributed by atoms with Crippen LogP contribution in [0.3, 0.4) is 0 Å². The molecule has 0 radical (unpaired) electrons. The van der Waals surface area contributed by atoms with Gasteiger partial charge in [0.2, 0.25) is 0 Å². The molecule has 2 heterocycles. The Hall–Kier alpha value is -1.62. The van der Waals surface area contributed by atoms with Crippen molar-refractivity contribution in [1.82, 2.24) is 24.9 Å². The van der Waals surface area contributed by atoms with Gasteiger partial charge in [0.1, 0.15) is 0 Å². The van der Waals surface area contributed by atoms with Gasteiger partial charge in [0.15, 0.2) is 0 Å². The summed E-state index contributed by atoms with van der Waals surface area (Å²) < 4.78 is 3.86. The van der Waals surface area contributed by atoms with Gasteiger partial charge in [-0.05, 0) is 26.2 Å². The summed E-state index contributed by atoms with van der Waals surface area (Å²) in [6.45, 7) is 2.20. The molecule has 0 saturated carbocycles. The first kappa shape index (κ1) is 12.4. The lowest BCUT2D eigenvalue weighted by Gasteiger charge is -2.26. The Morgan fingerprint density at radius 1 is 1.32 bits per heavy atom. The van der Waals surface area contributed by atoms with Crippen LogP contribution >= 0.6 is 0 Å². The van der Waals surface area contributed by atoms with Gasteiger partial charge in [0, 0.05) is 49.2 Å². The topological polar surface area (TPSA) is 47.7 Å². The number of hydrogen-bond acceptors (Lipinski definition) is 3. The molecule has 1 aliphatic rings. The Morgan fingerprint density at radius 3 is 2.89 bits per heavy atom.